The minimum Gasteiger partial charge on any atom is -0.381 e. The van der Waals surface area contributed by atoms with Crippen LogP contribution in [0.5, 0.6) is 0 Å². The molecular weight excluding hydrogens is 200 g/mol. The van der Waals surface area contributed by atoms with E-state index in [1.165, 1.54) is 12.8 Å². The van der Waals surface area contributed by atoms with E-state index in [-0.39, 0.29) is 0 Å². The molecule has 94 valence electrons. The van der Waals surface area contributed by atoms with Crippen molar-refractivity contribution >= 4 is 5.78 Å². The van der Waals surface area contributed by atoms with Gasteiger partial charge >= 0.3 is 0 Å². The number of ether oxygens (including phenoxy) is 1. The summed E-state index contributed by atoms with van der Waals surface area (Å²) in [5, 5.41) is 0. The van der Waals surface area contributed by atoms with Crippen molar-refractivity contribution in [2.45, 2.75) is 58.8 Å². The lowest BCUT2D eigenvalue weighted by atomic mass is 9.96. The van der Waals surface area contributed by atoms with Gasteiger partial charge in [-0.25, -0.2) is 0 Å². The second-order valence-corrected chi connectivity index (χ2v) is 5.35. The first-order valence-corrected chi connectivity index (χ1v) is 6.80. The Morgan fingerprint density at radius 2 is 2.06 bits per heavy atom. The fourth-order valence-electron chi connectivity index (χ4n) is 2.18. The van der Waals surface area contributed by atoms with Crippen molar-refractivity contribution in [3.05, 3.63) is 0 Å². The molecule has 0 radical (unpaired) electrons. The van der Waals surface area contributed by atoms with E-state index < -0.39 is 0 Å². The fraction of sp³-hybridized carbons (Fsp3) is 0.929. The van der Waals surface area contributed by atoms with E-state index in [1.807, 2.05) is 0 Å². The van der Waals surface area contributed by atoms with E-state index in [0.717, 1.165) is 45.3 Å². The van der Waals surface area contributed by atoms with Crippen LogP contribution in [0.1, 0.15) is 58.8 Å². The SMILES string of the molecule is CC(C)CCOCCC1CCCCCC1=O. The van der Waals surface area contributed by atoms with Crippen LogP contribution in [0.2, 0.25) is 0 Å². The van der Waals surface area contributed by atoms with Crippen molar-refractivity contribution in [1.29, 1.82) is 0 Å². The monoisotopic (exact) mass is 226 g/mol. The first-order valence-electron chi connectivity index (χ1n) is 6.80. The number of Topliss-reactive ketones (excluding diaryl/α,β-unsaturated/α-hetero) is 1. The summed E-state index contributed by atoms with van der Waals surface area (Å²) < 4.78 is 5.58. The molecule has 1 fully saturated rings. The van der Waals surface area contributed by atoms with Crippen LogP contribution in [-0.2, 0) is 9.53 Å². The molecule has 0 aromatic rings. The molecule has 0 N–H and O–H groups in total. The topological polar surface area (TPSA) is 26.3 Å². The van der Waals surface area contributed by atoms with Crippen molar-refractivity contribution in [3.63, 3.8) is 0 Å². The number of ketones is 1. The summed E-state index contributed by atoms with van der Waals surface area (Å²) in [4.78, 5) is 11.7. The number of carbonyl (C=O) groups is 1. The molecule has 1 saturated carbocycles. The van der Waals surface area contributed by atoms with Gasteiger partial charge in [-0.3, -0.25) is 4.79 Å². The van der Waals surface area contributed by atoms with Crippen LogP contribution < -0.4 is 0 Å². The molecule has 0 saturated heterocycles. The third-order valence-corrected chi connectivity index (χ3v) is 3.38. The summed E-state index contributed by atoms with van der Waals surface area (Å²) >= 11 is 0. The van der Waals surface area contributed by atoms with Crippen LogP contribution in [0.15, 0.2) is 0 Å². The molecule has 0 heterocycles. The highest BCUT2D eigenvalue weighted by Gasteiger charge is 2.19. The van der Waals surface area contributed by atoms with Crippen molar-refractivity contribution in [3.8, 4) is 0 Å². The third-order valence-electron chi connectivity index (χ3n) is 3.38. The largest absolute Gasteiger partial charge is 0.381 e. The highest BCUT2D eigenvalue weighted by atomic mass is 16.5. The van der Waals surface area contributed by atoms with Gasteiger partial charge in [0.05, 0.1) is 0 Å². The number of carbonyl (C=O) groups excluding carboxylic acids is 1. The van der Waals surface area contributed by atoms with Gasteiger partial charge in [0.15, 0.2) is 0 Å². The molecule has 1 unspecified atom stereocenters. The summed E-state index contributed by atoms with van der Waals surface area (Å²) in [7, 11) is 0. The molecule has 0 amide bonds. The van der Waals surface area contributed by atoms with Crippen LogP contribution in [0, 0.1) is 11.8 Å². The number of rotatable bonds is 6. The fourth-order valence-corrected chi connectivity index (χ4v) is 2.18. The minimum atomic E-state index is 0.293. The van der Waals surface area contributed by atoms with Gasteiger partial charge in [0, 0.05) is 25.6 Å². The van der Waals surface area contributed by atoms with Crippen LogP contribution in [0.4, 0.5) is 0 Å². The highest BCUT2D eigenvalue weighted by molar-refractivity contribution is 5.81. The maximum Gasteiger partial charge on any atom is 0.136 e. The molecule has 0 aliphatic heterocycles. The minimum absolute atomic E-state index is 0.293. The zero-order chi connectivity index (χ0) is 11.8. The van der Waals surface area contributed by atoms with E-state index in [9.17, 15) is 4.79 Å². The molecule has 1 rings (SSSR count). The molecule has 0 spiro atoms. The Bertz CT molecular complexity index is 199. The molecule has 16 heavy (non-hydrogen) atoms. The maximum atomic E-state index is 11.7. The summed E-state index contributed by atoms with van der Waals surface area (Å²) in [5.41, 5.74) is 0. The Labute approximate surface area is 99.8 Å². The standard InChI is InChI=1S/C14H26O2/c1-12(2)8-10-16-11-9-13-6-4-3-5-7-14(13)15/h12-13H,3-11H2,1-2H3. The van der Waals surface area contributed by atoms with Gasteiger partial charge in [-0.2, -0.15) is 0 Å². The van der Waals surface area contributed by atoms with E-state index >= 15 is 0 Å². The first kappa shape index (κ1) is 13.7. The maximum absolute atomic E-state index is 11.7. The smallest absolute Gasteiger partial charge is 0.136 e. The number of hydrogen-bond acceptors (Lipinski definition) is 2. The Balaban J connectivity index is 2.08. The van der Waals surface area contributed by atoms with Crippen LogP contribution in [0.25, 0.3) is 0 Å². The normalized spacial score (nSPS) is 22.4. The number of hydrogen-bond donors (Lipinski definition) is 0. The zero-order valence-electron chi connectivity index (χ0n) is 10.8. The quantitative estimate of drug-likeness (QED) is 0.511. The second-order valence-electron chi connectivity index (χ2n) is 5.35. The lowest BCUT2D eigenvalue weighted by molar-refractivity contribution is -0.123. The summed E-state index contributed by atoms with van der Waals surface area (Å²) in [6, 6.07) is 0. The molecule has 2 heteroatoms. The van der Waals surface area contributed by atoms with Gasteiger partial charge in [0.2, 0.25) is 0 Å². The lowest BCUT2D eigenvalue weighted by Gasteiger charge is -2.13. The Morgan fingerprint density at radius 1 is 1.25 bits per heavy atom. The molecule has 1 aliphatic rings. The van der Waals surface area contributed by atoms with Crippen molar-refractivity contribution in [1.82, 2.24) is 0 Å². The average molecular weight is 226 g/mol. The van der Waals surface area contributed by atoms with E-state index in [1.54, 1.807) is 0 Å². The third kappa shape index (κ3) is 5.64. The van der Waals surface area contributed by atoms with Crippen molar-refractivity contribution in [2.75, 3.05) is 13.2 Å². The lowest BCUT2D eigenvalue weighted by Crippen LogP contribution is -2.15. The van der Waals surface area contributed by atoms with Gasteiger partial charge in [-0.15, -0.1) is 0 Å². The Hall–Kier alpha value is -0.370. The Morgan fingerprint density at radius 3 is 2.81 bits per heavy atom. The van der Waals surface area contributed by atoms with Crippen molar-refractivity contribution < 1.29 is 9.53 Å². The first-order chi connectivity index (χ1) is 7.70. The predicted molar refractivity (Wildman–Crippen MR) is 66.5 cm³/mol. The van der Waals surface area contributed by atoms with E-state index in [2.05, 4.69) is 13.8 Å². The van der Waals surface area contributed by atoms with Crippen molar-refractivity contribution in [2.24, 2.45) is 11.8 Å². The zero-order valence-corrected chi connectivity index (χ0v) is 10.8. The molecule has 0 aromatic carbocycles. The molecular formula is C14H26O2. The van der Waals surface area contributed by atoms with Gasteiger partial charge in [0.1, 0.15) is 5.78 Å². The summed E-state index contributed by atoms with van der Waals surface area (Å²) in [6.07, 6.45) is 7.51. The molecule has 1 aliphatic carbocycles. The molecule has 0 bridgehead atoms. The predicted octanol–water partition coefficient (Wildman–Crippen LogP) is 3.59. The summed E-state index contributed by atoms with van der Waals surface area (Å²) in [6.45, 7) is 6.03. The molecule has 2 nitrogen and oxygen atoms in total. The van der Waals surface area contributed by atoms with E-state index in [0.29, 0.717) is 17.6 Å². The van der Waals surface area contributed by atoms with Crippen LogP contribution in [0.3, 0.4) is 0 Å². The highest BCUT2D eigenvalue weighted by Crippen LogP contribution is 2.22. The van der Waals surface area contributed by atoms with Gasteiger partial charge in [-0.05, 0) is 31.6 Å². The molecule has 0 aromatic heterocycles. The van der Waals surface area contributed by atoms with Gasteiger partial charge in [0.25, 0.3) is 0 Å². The van der Waals surface area contributed by atoms with Gasteiger partial charge < -0.3 is 4.74 Å². The second kappa shape index (κ2) is 7.83. The average Bonchev–Trinajstić information content (AvgIpc) is 2.43. The van der Waals surface area contributed by atoms with Crippen LogP contribution in [-0.4, -0.2) is 19.0 Å². The molecule has 1 atom stereocenters. The van der Waals surface area contributed by atoms with Crippen LogP contribution >= 0.6 is 0 Å². The van der Waals surface area contributed by atoms with Gasteiger partial charge in [-0.1, -0.05) is 26.7 Å². The summed E-state index contributed by atoms with van der Waals surface area (Å²) in [5.74, 6) is 1.48. The Kier molecular flexibility index (Phi) is 6.70. The van der Waals surface area contributed by atoms with E-state index in [4.69, 9.17) is 4.74 Å².